The third-order valence-electron chi connectivity index (χ3n) is 2.84. The van der Waals surface area contributed by atoms with Crippen molar-refractivity contribution in [1.82, 2.24) is 0 Å². The third kappa shape index (κ3) is 2.31. The lowest BCUT2D eigenvalue weighted by atomic mass is 10.1. The van der Waals surface area contributed by atoms with Gasteiger partial charge in [0.15, 0.2) is 0 Å². The predicted molar refractivity (Wildman–Crippen MR) is 72.0 cm³/mol. The molecule has 1 heterocycles. The lowest BCUT2D eigenvalue weighted by Crippen LogP contribution is -2.26. The van der Waals surface area contributed by atoms with E-state index >= 15 is 0 Å². The summed E-state index contributed by atoms with van der Waals surface area (Å²) in [5, 5.41) is 17.7. The summed E-state index contributed by atoms with van der Waals surface area (Å²) in [5.74, 6) is -1.79. The van der Waals surface area contributed by atoms with Gasteiger partial charge in [-0.15, -0.1) is 0 Å². The second-order valence-electron chi connectivity index (χ2n) is 4.02. The highest BCUT2D eigenvalue weighted by atomic mass is 127. The summed E-state index contributed by atoms with van der Waals surface area (Å²) in [6, 6.07) is 7.01. The molecular formula is C12H9IN2O3. The second kappa shape index (κ2) is 4.94. The fourth-order valence-corrected chi connectivity index (χ4v) is 2.71. The first-order chi connectivity index (χ1) is 8.52. The minimum Gasteiger partial charge on any atom is -0.481 e. The number of nitrogens with zero attached hydrogens (tertiary/aromatic N) is 2. The molecule has 0 bridgehead atoms. The van der Waals surface area contributed by atoms with Crippen molar-refractivity contribution in [3.8, 4) is 6.07 Å². The molecular weight excluding hydrogens is 347 g/mol. The van der Waals surface area contributed by atoms with Gasteiger partial charge in [-0.2, -0.15) is 5.26 Å². The summed E-state index contributed by atoms with van der Waals surface area (Å²) >= 11 is 2.04. The van der Waals surface area contributed by atoms with E-state index in [1.165, 1.54) is 4.90 Å². The van der Waals surface area contributed by atoms with Crippen LogP contribution in [0.4, 0.5) is 5.69 Å². The number of amides is 1. The standard InChI is InChI=1S/C12H9IN2O3/c13-9-3-7(5-14)1-2-10(9)15-6-8(12(17)18)4-11(15)16/h1-3,8H,4,6H2,(H,17,18). The molecule has 5 nitrogen and oxygen atoms in total. The number of carboxylic acid groups (broad SMARTS) is 1. The van der Waals surface area contributed by atoms with E-state index in [0.717, 1.165) is 3.57 Å². The second-order valence-corrected chi connectivity index (χ2v) is 5.18. The highest BCUT2D eigenvalue weighted by Gasteiger charge is 2.35. The number of hydrogen-bond acceptors (Lipinski definition) is 3. The summed E-state index contributed by atoms with van der Waals surface area (Å²) < 4.78 is 0.769. The van der Waals surface area contributed by atoms with Crippen LogP contribution in [0.1, 0.15) is 12.0 Å². The Morgan fingerprint density at radius 1 is 1.56 bits per heavy atom. The van der Waals surface area contributed by atoms with E-state index in [-0.39, 0.29) is 18.9 Å². The molecule has 1 aliphatic heterocycles. The van der Waals surface area contributed by atoms with Crippen LogP contribution in [0.5, 0.6) is 0 Å². The quantitative estimate of drug-likeness (QED) is 0.817. The average Bonchev–Trinajstić information content (AvgIpc) is 2.71. The molecule has 1 saturated heterocycles. The highest BCUT2D eigenvalue weighted by Crippen LogP contribution is 2.29. The van der Waals surface area contributed by atoms with E-state index in [1.807, 2.05) is 28.7 Å². The van der Waals surface area contributed by atoms with Crippen molar-refractivity contribution in [2.75, 3.05) is 11.4 Å². The normalized spacial score (nSPS) is 18.8. The number of hydrogen-bond donors (Lipinski definition) is 1. The van der Waals surface area contributed by atoms with Crippen molar-refractivity contribution in [2.45, 2.75) is 6.42 Å². The third-order valence-corrected chi connectivity index (χ3v) is 3.71. The van der Waals surface area contributed by atoms with Gasteiger partial charge in [-0.25, -0.2) is 0 Å². The van der Waals surface area contributed by atoms with E-state index in [2.05, 4.69) is 0 Å². The van der Waals surface area contributed by atoms with E-state index in [9.17, 15) is 9.59 Å². The van der Waals surface area contributed by atoms with Crippen LogP contribution < -0.4 is 4.90 Å². The fourth-order valence-electron chi connectivity index (χ4n) is 1.90. The van der Waals surface area contributed by atoms with Gasteiger partial charge in [-0.05, 0) is 40.8 Å². The topological polar surface area (TPSA) is 81.4 Å². The van der Waals surface area contributed by atoms with Crippen LogP contribution in [0.15, 0.2) is 18.2 Å². The Labute approximate surface area is 117 Å². The molecule has 1 aromatic carbocycles. The maximum Gasteiger partial charge on any atom is 0.308 e. The maximum atomic E-state index is 11.8. The van der Waals surface area contributed by atoms with E-state index < -0.39 is 11.9 Å². The molecule has 0 aliphatic carbocycles. The predicted octanol–water partition coefficient (Wildman–Crippen LogP) is 1.60. The summed E-state index contributed by atoms with van der Waals surface area (Å²) in [6.45, 7) is 0.191. The Hall–Kier alpha value is -1.62. The minimum absolute atomic E-state index is 0.0331. The van der Waals surface area contributed by atoms with Crippen molar-refractivity contribution in [3.05, 3.63) is 27.3 Å². The van der Waals surface area contributed by atoms with Crippen LogP contribution >= 0.6 is 22.6 Å². The van der Waals surface area contributed by atoms with Crippen LogP contribution in [-0.4, -0.2) is 23.5 Å². The van der Waals surface area contributed by atoms with Gasteiger partial charge in [0.25, 0.3) is 0 Å². The average molecular weight is 356 g/mol. The van der Waals surface area contributed by atoms with Crippen molar-refractivity contribution in [2.24, 2.45) is 5.92 Å². The number of nitriles is 1. The molecule has 1 N–H and O–H groups in total. The lowest BCUT2D eigenvalue weighted by Gasteiger charge is -2.17. The van der Waals surface area contributed by atoms with Crippen molar-refractivity contribution >= 4 is 40.2 Å². The Kier molecular flexibility index (Phi) is 3.52. The Morgan fingerprint density at radius 2 is 2.28 bits per heavy atom. The molecule has 1 aliphatic rings. The number of benzene rings is 1. The number of carbonyl (C=O) groups is 2. The van der Waals surface area contributed by atoms with Gasteiger partial charge in [0.2, 0.25) is 5.91 Å². The zero-order valence-electron chi connectivity index (χ0n) is 9.26. The number of carbonyl (C=O) groups excluding carboxylic acids is 1. The molecule has 2 rings (SSSR count). The van der Waals surface area contributed by atoms with Crippen LogP contribution in [-0.2, 0) is 9.59 Å². The van der Waals surface area contributed by atoms with Crippen molar-refractivity contribution in [1.29, 1.82) is 5.26 Å². The molecule has 18 heavy (non-hydrogen) atoms. The molecule has 0 spiro atoms. The highest BCUT2D eigenvalue weighted by molar-refractivity contribution is 14.1. The zero-order valence-corrected chi connectivity index (χ0v) is 11.4. The molecule has 0 aromatic heterocycles. The number of anilines is 1. The first kappa shape index (κ1) is 12.8. The molecule has 1 aromatic rings. The van der Waals surface area contributed by atoms with Gasteiger partial charge in [0, 0.05) is 16.5 Å². The fraction of sp³-hybridized carbons (Fsp3) is 0.250. The van der Waals surface area contributed by atoms with Gasteiger partial charge in [-0.1, -0.05) is 0 Å². The van der Waals surface area contributed by atoms with Gasteiger partial charge in [0.1, 0.15) is 0 Å². The van der Waals surface area contributed by atoms with E-state index in [4.69, 9.17) is 10.4 Å². The monoisotopic (exact) mass is 356 g/mol. The molecule has 0 saturated carbocycles. The van der Waals surface area contributed by atoms with Gasteiger partial charge in [0.05, 0.1) is 23.2 Å². The van der Waals surface area contributed by atoms with Crippen LogP contribution in [0, 0.1) is 20.8 Å². The largest absolute Gasteiger partial charge is 0.481 e. The van der Waals surface area contributed by atoms with Gasteiger partial charge < -0.3 is 10.0 Å². The summed E-state index contributed by atoms with van der Waals surface area (Å²) in [5.41, 5.74) is 1.19. The Balaban J connectivity index is 2.30. The molecule has 1 atom stereocenters. The molecule has 92 valence electrons. The van der Waals surface area contributed by atoms with Gasteiger partial charge in [-0.3, -0.25) is 9.59 Å². The SMILES string of the molecule is N#Cc1ccc(N2CC(C(=O)O)CC2=O)c(I)c1. The minimum atomic E-state index is -0.950. The first-order valence-corrected chi connectivity index (χ1v) is 6.33. The number of rotatable bonds is 2. The summed E-state index contributed by atoms with van der Waals surface area (Å²) in [7, 11) is 0. The Morgan fingerprint density at radius 3 is 2.78 bits per heavy atom. The maximum absolute atomic E-state index is 11.8. The molecule has 6 heteroatoms. The number of aliphatic carboxylic acids is 1. The molecule has 1 amide bonds. The van der Waals surface area contributed by atoms with Crippen molar-refractivity contribution < 1.29 is 14.7 Å². The van der Waals surface area contributed by atoms with Crippen LogP contribution in [0.3, 0.4) is 0 Å². The van der Waals surface area contributed by atoms with Crippen LogP contribution in [0.25, 0.3) is 0 Å². The van der Waals surface area contributed by atoms with E-state index in [0.29, 0.717) is 11.3 Å². The zero-order chi connectivity index (χ0) is 13.3. The van der Waals surface area contributed by atoms with Crippen molar-refractivity contribution in [3.63, 3.8) is 0 Å². The smallest absolute Gasteiger partial charge is 0.308 e. The van der Waals surface area contributed by atoms with E-state index in [1.54, 1.807) is 18.2 Å². The van der Waals surface area contributed by atoms with Crippen LogP contribution in [0.2, 0.25) is 0 Å². The molecule has 0 radical (unpaired) electrons. The Bertz CT molecular complexity index is 565. The van der Waals surface area contributed by atoms with Gasteiger partial charge >= 0.3 is 5.97 Å². The number of halogens is 1. The number of carboxylic acids is 1. The molecule has 1 fully saturated rings. The summed E-state index contributed by atoms with van der Waals surface area (Å²) in [6.07, 6.45) is 0.0331. The molecule has 1 unspecified atom stereocenters. The summed E-state index contributed by atoms with van der Waals surface area (Å²) in [4.78, 5) is 24.2. The first-order valence-electron chi connectivity index (χ1n) is 5.25. The lowest BCUT2D eigenvalue weighted by molar-refractivity contribution is -0.141.